The van der Waals surface area contributed by atoms with Crippen molar-refractivity contribution >= 4 is 11.6 Å². The van der Waals surface area contributed by atoms with Crippen molar-refractivity contribution in [2.24, 2.45) is 0 Å². The van der Waals surface area contributed by atoms with Crippen molar-refractivity contribution in [2.45, 2.75) is 20.8 Å². The van der Waals surface area contributed by atoms with Crippen molar-refractivity contribution in [3.05, 3.63) is 95.8 Å². The average Bonchev–Trinajstić information content (AvgIpc) is 3.08. The van der Waals surface area contributed by atoms with Crippen LogP contribution < -0.4 is 9.88 Å². The second-order valence-corrected chi connectivity index (χ2v) is 6.77. The summed E-state index contributed by atoms with van der Waals surface area (Å²) in [5.41, 5.74) is 6.78. The van der Waals surface area contributed by atoms with E-state index < -0.39 is 0 Å². The van der Waals surface area contributed by atoms with Crippen LogP contribution in [0.5, 0.6) is 0 Å². The summed E-state index contributed by atoms with van der Waals surface area (Å²) in [5, 5.41) is 8.37. The summed E-state index contributed by atoms with van der Waals surface area (Å²) in [7, 11) is 0. The van der Waals surface area contributed by atoms with Gasteiger partial charge in [-0.2, -0.15) is 4.57 Å². The molecule has 0 spiro atoms. The minimum atomic E-state index is 0.779. The van der Waals surface area contributed by atoms with Crippen molar-refractivity contribution in [3.8, 4) is 11.4 Å². The molecule has 4 aromatic rings. The standard InChI is InChI=1S/C23H23N4/c1-17-10-4-7-13-20(17)24-23-25-27(22-15-9-6-12-19(22)3)16-26(23)21-14-8-5-11-18(21)2/h4-16H,1-3H3,(H,24,25)/q+1. The van der Waals surface area contributed by atoms with Gasteiger partial charge in [0.15, 0.2) is 0 Å². The van der Waals surface area contributed by atoms with Crippen LogP contribution in [0.25, 0.3) is 11.4 Å². The lowest BCUT2D eigenvalue weighted by molar-refractivity contribution is -0.581. The van der Waals surface area contributed by atoms with Gasteiger partial charge in [0.05, 0.1) is 11.4 Å². The number of hydrogen-bond donors (Lipinski definition) is 1. The molecule has 0 aliphatic rings. The average molecular weight is 355 g/mol. The molecule has 0 fully saturated rings. The van der Waals surface area contributed by atoms with Crippen LogP contribution in [0.3, 0.4) is 0 Å². The van der Waals surface area contributed by atoms with Crippen LogP contribution in [-0.4, -0.2) is 9.78 Å². The van der Waals surface area contributed by atoms with E-state index in [4.69, 9.17) is 5.10 Å². The summed E-state index contributed by atoms with van der Waals surface area (Å²) >= 11 is 0. The third kappa shape index (κ3) is 3.34. The molecule has 4 rings (SSSR count). The first-order valence-corrected chi connectivity index (χ1v) is 9.09. The van der Waals surface area contributed by atoms with E-state index in [2.05, 4.69) is 79.2 Å². The highest BCUT2D eigenvalue weighted by molar-refractivity contribution is 5.57. The third-order valence-corrected chi connectivity index (χ3v) is 4.78. The monoisotopic (exact) mass is 355 g/mol. The van der Waals surface area contributed by atoms with Gasteiger partial charge in [0, 0.05) is 5.10 Å². The van der Waals surface area contributed by atoms with Crippen LogP contribution in [0.4, 0.5) is 11.6 Å². The Morgan fingerprint density at radius 1 is 0.741 bits per heavy atom. The van der Waals surface area contributed by atoms with Crippen LogP contribution in [-0.2, 0) is 0 Å². The zero-order chi connectivity index (χ0) is 18.8. The van der Waals surface area contributed by atoms with Crippen LogP contribution in [0.15, 0.2) is 79.1 Å². The molecule has 27 heavy (non-hydrogen) atoms. The number of para-hydroxylation sites is 3. The van der Waals surface area contributed by atoms with Crippen molar-refractivity contribution < 1.29 is 4.57 Å². The van der Waals surface area contributed by atoms with E-state index in [0.29, 0.717) is 0 Å². The Morgan fingerprint density at radius 2 is 1.37 bits per heavy atom. The quantitative estimate of drug-likeness (QED) is 0.533. The van der Waals surface area contributed by atoms with Gasteiger partial charge in [-0.3, -0.25) is 5.32 Å². The highest BCUT2D eigenvalue weighted by atomic mass is 15.4. The largest absolute Gasteiger partial charge is 0.387 e. The molecule has 0 bridgehead atoms. The molecular weight excluding hydrogens is 332 g/mol. The fraction of sp³-hybridized carbons (Fsp3) is 0.130. The number of hydrogen-bond acceptors (Lipinski definition) is 2. The fourth-order valence-corrected chi connectivity index (χ4v) is 3.21. The summed E-state index contributed by atoms with van der Waals surface area (Å²) in [4.78, 5) is 0. The number of rotatable bonds is 4. The Kier molecular flexibility index (Phi) is 4.47. The van der Waals surface area contributed by atoms with Crippen LogP contribution in [0.1, 0.15) is 16.7 Å². The molecule has 0 amide bonds. The number of nitrogens with one attached hydrogen (secondary N) is 1. The SMILES string of the molecule is Cc1ccccc1Nc1nn(-c2ccccc2C)c[n+]1-c1ccccc1C. The van der Waals surface area contributed by atoms with Gasteiger partial charge in [0.2, 0.25) is 6.33 Å². The van der Waals surface area contributed by atoms with Crippen LogP contribution >= 0.6 is 0 Å². The van der Waals surface area contributed by atoms with E-state index in [1.165, 1.54) is 16.7 Å². The molecule has 0 unspecified atom stereocenters. The van der Waals surface area contributed by atoms with Gasteiger partial charge in [-0.1, -0.05) is 54.6 Å². The first kappa shape index (κ1) is 17.0. The zero-order valence-corrected chi connectivity index (χ0v) is 15.8. The molecule has 1 aromatic heterocycles. The normalized spacial score (nSPS) is 10.8. The lowest BCUT2D eigenvalue weighted by Crippen LogP contribution is -2.32. The molecule has 4 heteroatoms. The van der Waals surface area contributed by atoms with Gasteiger partial charge < -0.3 is 0 Å². The molecule has 0 aliphatic heterocycles. The molecular formula is C23H23N4+. The Bertz CT molecular complexity index is 1090. The van der Waals surface area contributed by atoms with E-state index in [0.717, 1.165) is 23.0 Å². The Balaban J connectivity index is 1.87. The molecule has 1 heterocycles. The second-order valence-electron chi connectivity index (χ2n) is 6.77. The van der Waals surface area contributed by atoms with Gasteiger partial charge in [-0.15, -0.1) is 4.68 Å². The zero-order valence-electron chi connectivity index (χ0n) is 15.8. The smallest absolute Gasteiger partial charge is 0.260 e. The summed E-state index contributed by atoms with van der Waals surface area (Å²) in [5.74, 6) is 0.779. The van der Waals surface area contributed by atoms with Crippen molar-refractivity contribution in [3.63, 3.8) is 0 Å². The van der Waals surface area contributed by atoms with Crippen molar-refractivity contribution in [2.75, 3.05) is 5.32 Å². The Labute approximate surface area is 159 Å². The molecule has 0 saturated carbocycles. The van der Waals surface area contributed by atoms with Crippen molar-refractivity contribution in [1.82, 2.24) is 9.78 Å². The minimum absolute atomic E-state index is 0.779. The predicted octanol–water partition coefficient (Wildman–Crippen LogP) is 4.82. The molecule has 0 radical (unpaired) electrons. The first-order chi connectivity index (χ1) is 13.1. The maximum Gasteiger partial charge on any atom is 0.387 e. The maximum atomic E-state index is 4.86. The number of nitrogens with zero attached hydrogens (tertiary/aromatic N) is 3. The summed E-state index contributed by atoms with van der Waals surface area (Å²) < 4.78 is 4.04. The fourth-order valence-electron chi connectivity index (χ4n) is 3.21. The number of anilines is 2. The molecule has 4 nitrogen and oxygen atoms in total. The van der Waals surface area contributed by atoms with E-state index >= 15 is 0 Å². The van der Waals surface area contributed by atoms with Gasteiger partial charge in [-0.25, -0.2) is 0 Å². The molecule has 3 aromatic carbocycles. The van der Waals surface area contributed by atoms with E-state index in [1.807, 2.05) is 35.3 Å². The second kappa shape index (κ2) is 7.08. The summed E-state index contributed by atoms with van der Waals surface area (Å²) in [6.45, 7) is 6.31. The molecule has 1 N–H and O–H groups in total. The summed E-state index contributed by atoms with van der Waals surface area (Å²) in [6, 6.07) is 24.9. The van der Waals surface area contributed by atoms with E-state index in [-0.39, 0.29) is 0 Å². The maximum absolute atomic E-state index is 4.86. The molecule has 0 aliphatic carbocycles. The van der Waals surface area contributed by atoms with Crippen LogP contribution in [0, 0.1) is 20.8 Å². The van der Waals surface area contributed by atoms with Gasteiger partial charge >= 0.3 is 5.95 Å². The Morgan fingerprint density at radius 3 is 2.07 bits per heavy atom. The lowest BCUT2D eigenvalue weighted by Gasteiger charge is -2.06. The first-order valence-electron chi connectivity index (χ1n) is 9.09. The third-order valence-electron chi connectivity index (χ3n) is 4.78. The van der Waals surface area contributed by atoms with E-state index in [9.17, 15) is 0 Å². The van der Waals surface area contributed by atoms with E-state index in [1.54, 1.807) is 0 Å². The predicted molar refractivity (Wildman–Crippen MR) is 109 cm³/mol. The number of aromatic nitrogens is 3. The highest BCUT2D eigenvalue weighted by Gasteiger charge is 2.21. The minimum Gasteiger partial charge on any atom is -0.260 e. The molecule has 134 valence electrons. The summed E-state index contributed by atoms with van der Waals surface area (Å²) in [6.07, 6.45) is 2.03. The highest BCUT2D eigenvalue weighted by Crippen LogP contribution is 2.20. The number of benzene rings is 3. The Hall–Kier alpha value is -3.40. The topological polar surface area (TPSA) is 33.7 Å². The lowest BCUT2D eigenvalue weighted by atomic mass is 10.2. The van der Waals surface area contributed by atoms with Crippen molar-refractivity contribution in [1.29, 1.82) is 0 Å². The van der Waals surface area contributed by atoms with Gasteiger partial charge in [0.25, 0.3) is 0 Å². The van der Waals surface area contributed by atoms with Crippen LogP contribution in [0.2, 0.25) is 0 Å². The molecule has 0 atom stereocenters. The number of aryl methyl sites for hydroxylation is 3. The van der Waals surface area contributed by atoms with Gasteiger partial charge in [0.1, 0.15) is 5.69 Å². The van der Waals surface area contributed by atoms with Gasteiger partial charge in [-0.05, 0) is 55.7 Å². The molecule has 0 saturated heterocycles.